The molecule has 2 aliphatic heterocycles. The van der Waals surface area contributed by atoms with Crippen LogP contribution in [-0.2, 0) is 19.1 Å². The second-order valence-electron chi connectivity index (χ2n) is 12.7. The van der Waals surface area contributed by atoms with E-state index in [0.29, 0.717) is 30.6 Å². The quantitative estimate of drug-likeness (QED) is 0.435. The third kappa shape index (κ3) is 7.56. The van der Waals surface area contributed by atoms with Gasteiger partial charge in [0.1, 0.15) is 18.2 Å². The summed E-state index contributed by atoms with van der Waals surface area (Å²) in [4.78, 5) is 44.5. The number of fused-ring (bicyclic) bond motifs is 4. The molecule has 1 aromatic heterocycles. The zero-order valence-electron chi connectivity index (χ0n) is 25.9. The van der Waals surface area contributed by atoms with Crippen molar-refractivity contribution in [2.75, 3.05) is 6.54 Å². The molecule has 2 amide bonds. The molecule has 234 valence electrons. The summed E-state index contributed by atoms with van der Waals surface area (Å²) in [5.41, 5.74) is 3.84. The first-order valence-corrected chi connectivity index (χ1v) is 14.9. The van der Waals surface area contributed by atoms with Crippen molar-refractivity contribution in [3.8, 4) is 0 Å². The molecule has 1 fully saturated rings. The highest BCUT2D eigenvalue weighted by Crippen LogP contribution is 2.35. The Balaban J connectivity index is 1.76. The Labute approximate surface area is 251 Å². The largest absolute Gasteiger partial charge is 0.455 e. The van der Waals surface area contributed by atoms with Crippen molar-refractivity contribution in [2.24, 2.45) is 11.3 Å². The standard InChI is InChI=1S/C32H43F2N5O4/c1-18(2)26-27(40)35-19(3)28(41)39-16-8-9-24(38-39)29(42)43-20(4)23-13-12-22-11-10-21(17-25(22)36-23)14-15-31(5,6)30(37-26)32(7,33)34/h10-15,17-20,24,26,30,37-38H,8-9,16H2,1-7H3,(H,35,40)/b15-14+/t19-,20+,24-,26-,30-/m0/s1. The van der Waals surface area contributed by atoms with Gasteiger partial charge < -0.3 is 10.1 Å². The van der Waals surface area contributed by atoms with Crippen molar-refractivity contribution in [1.82, 2.24) is 26.1 Å². The van der Waals surface area contributed by atoms with Crippen LogP contribution >= 0.6 is 0 Å². The van der Waals surface area contributed by atoms with Gasteiger partial charge in [0.15, 0.2) is 0 Å². The fourth-order valence-corrected chi connectivity index (χ4v) is 5.68. The van der Waals surface area contributed by atoms with E-state index >= 15 is 8.78 Å². The number of amides is 2. The molecule has 5 atom stereocenters. The number of esters is 1. The van der Waals surface area contributed by atoms with E-state index in [1.165, 1.54) is 11.9 Å². The lowest BCUT2D eigenvalue weighted by Crippen LogP contribution is -2.63. The van der Waals surface area contributed by atoms with Gasteiger partial charge in [0.2, 0.25) is 5.91 Å². The Morgan fingerprint density at radius 1 is 1.12 bits per heavy atom. The van der Waals surface area contributed by atoms with Gasteiger partial charge in [-0.1, -0.05) is 58.0 Å². The van der Waals surface area contributed by atoms with Crippen LogP contribution in [0.25, 0.3) is 17.0 Å². The molecule has 4 rings (SSSR count). The number of hydrogen-bond acceptors (Lipinski definition) is 7. The summed E-state index contributed by atoms with van der Waals surface area (Å²) in [5, 5.41) is 7.83. The molecule has 2 aromatic rings. The highest BCUT2D eigenvalue weighted by atomic mass is 19.3. The van der Waals surface area contributed by atoms with E-state index < -0.39 is 59.4 Å². The number of hydrogen-bond donors (Lipinski definition) is 3. The number of nitrogens with zero attached hydrogens (tertiary/aromatic N) is 2. The summed E-state index contributed by atoms with van der Waals surface area (Å²) in [7, 11) is 0. The normalized spacial score (nSPS) is 28.5. The van der Waals surface area contributed by atoms with E-state index in [1.54, 1.807) is 52.8 Å². The van der Waals surface area contributed by atoms with E-state index in [-0.39, 0.29) is 5.92 Å². The second-order valence-corrected chi connectivity index (χ2v) is 12.7. The maximum atomic E-state index is 15.2. The first-order chi connectivity index (χ1) is 20.1. The van der Waals surface area contributed by atoms with Gasteiger partial charge in [-0.2, -0.15) is 0 Å². The molecule has 0 aliphatic carbocycles. The van der Waals surface area contributed by atoms with Crippen LogP contribution in [0.5, 0.6) is 0 Å². The molecular weight excluding hydrogens is 556 g/mol. The van der Waals surface area contributed by atoms with Crippen LogP contribution in [0.2, 0.25) is 0 Å². The van der Waals surface area contributed by atoms with Gasteiger partial charge in [0.05, 0.1) is 23.3 Å². The molecule has 0 saturated carbocycles. The predicted octanol–water partition coefficient (Wildman–Crippen LogP) is 4.53. The number of halogens is 2. The van der Waals surface area contributed by atoms with Crippen LogP contribution in [0.1, 0.15) is 78.7 Å². The van der Waals surface area contributed by atoms with Gasteiger partial charge in [-0.05, 0) is 50.3 Å². The fraction of sp³-hybridized carbons (Fsp3) is 0.562. The molecule has 0 spiro atoms. The number of alkyl halides is 2. The lowest BCUT2D eigenvalue weighted by atomic mass is 9.79. The Kier molecular flexibility index (Phi) is 9.56. The highest BCUT2D eigenvalue weighted by Gasteiger charge is 2.46. The van der Waals surface area contributed by atoms with Crippen LogP contribution in [0.3, 0.4) is 0 Å². The number of rotatable bonds is 2. The first-order valence-electron chi connectivity index (χ1n) is 14.9. The number of aromatic nitrogens is 1. The van der Waals surface area contributed by atoms with Gasteiger partial charge in [0, 0.05) is 24.3 Å². The van der Waals surface area contributed by atoms with Gasteiger partial charge in [-0.15, -0.1) is 0 Å². The minimum atomic E-state index is -3.19. The maximum Gasteiger partial charge on any atom is 0.325 e. The number of pyridine rings is 1. The molecule has 0 unspecified atom stereocenters. The van der Waals surface area contributed by atoms with E-state index in [4.69, 9.17) is 9.72 Å². The number of cyclic esters (lactones) is 1. The summed E-state index contributed by atoms with van der Waals surface area (Å²) in [6, 6.07) is 5.18. The zero-order valence-corrected chi connectivity index (χ0v) is 25.9. The highest BCUT2D eigenvalue weighted by molar-refractivity contribution is 5.90. The zero-order chi connectivity index (χ0) is 31.7. The lowest BCUT2D eigenvalue weighted by Gasteiger charge is -2.40. The third-order valence-electron chi connectivity index (χ3n) is 8.16. The molecule has 0 radical (unpaired) electrons. The van der Waals surface area contributed by atoms with Gasteiger partial charge in [0.25, 0.3) is 11.8 Å². The lowest BCUT2D eigenvalue weighted by molar-refractivity contribution is -0.157. The number of hydrazine groups is 1. The molecule has 3 N–H and O–H groups in total. The van der Waals surface area contributed by atoms with Crippen LogP contribution in [-0.4, -0.2) is 64.4 Å². The van der Waals surface area contributed by atoms with Crippen molar-refractivity contribution >= 4 is 34.8 Å². The van der Waals surface area contributed by atoms with E-state index in [0.717, 1.165) is 17.9 Å². The molecule has 3 heterocycles. The molecule has 1 saturated heterocycles. The summed E-state index contributed by atoms with van der Waals surface area (Å²) in [6.07, 6.45) is 3.85. The molecule has 2 aliphatic rings. The van der Waals surface area contributed by atoms with Crippen LogP contribution in [0, 0.1) is 11.3 Å². The summed E-state index contributed by atoms with van der Waals surface area (Å²) in [5.74, 6) is -5.06. The Morgan fingerprint density at radius 3 is 2.49 bits per heavy atom. The number of nitrogens with one attached hydrogen (secondary N) is 3. The average molecular weight is 600 g/mol. The van der Waals surface area contributed by atoms with E-state index in [9.17, 15) is 14.4 Å². The third-order valence-corrected chi connectivity index (χ3v) is 8.16. The molecular formula is C32H43F2N5O4. The van der Waals surface area contributed by atoms with Crippen LogP contribution in [0.15, 0.2) is 36.4 Å². The van der Waals surface area contributed by atoms with Gasteiger partial charge in [-0.3, -0.25) is 24.7 Å². The minimum absolute atomic E-state index is 0.337. The van der Waals surface area contributed by atoms with Gasteiger partial charge >= 0.3 is 5.97 Å². The summed E-state index contributed by atoms with van der Waals surface area (Å²) in [6.45, 7) is 11.4. The van der Waals surface area contributed by atoms with Gasteiger partial charge in [-0.25, -0.2) is 19.2 Å². The van der Waals surface area contributed by atoms with Crippen molar-refractivity contribution in [2.45, 2.75) is 97.5 Å². The minimum Gasteiger partial charge on any atom is -0.455 e. The van der Waals surface area contributed by atoms with E-state index in [1.807, 2.05) is 24.3 Å². The predicted molar refractivity (Wildman–Crippen MR) is 161 cm³/mol. The average Bonchev–Trinajstić information content (AvgIpc) is 2.93. The number of carbonyl (C=O) groups excluding carboxylic acids is 3. The first kappa shape index (κ1) is 32.5. The van der Waals surface area contributed by atoms with Crippen molar-refractivity contribution < 1.29 is 27.9 Å². The van der Waals surface area contributed by atoms with Crippen LogP contribution < -0.4 is 16.1 Å². The van der Waals surface area contributed by atoms with Crippen molar-refractivity contribution in [3.05, 3.63) is 47.7 Å². The fourth-order valence-electron chi connectivity index (χ4n) is 5.68. The Morgan fingerprint density at radius 2 is 1.81 bits per heavy atom. The Hall–Kier alpha value is -3.44. The second kappa shape index (κ2) is 12.7. The number of ether oxygens (including phenoxy) is 1. The monoisotopic (exact) mass is 599 g/mol. The van der Waals surface area contributed by atoms with Crippen molar-refractivity contribution in [1.29, 1.82) is 0 Å². The smallest absolute Gasteiger partial charge is 0.325 e. The molecule has 1 aromatic carbocycles. The SMILES string of the molecule is CC(C)[C@@H]1N[C@H](C(C)(F)F)C(C)(C)/C=C/c2ccc3ccc(nc3c2)[C@@H](C)OC(=O)[C@@H]2CCCN(N2)C(=O)[C@H](C)NC1=O. The van der Waals surface area contributed by atoms with E-state index in [2.05, 4.69) is 16.1 Å². The molecule has 11 heteroatoms. The summed E-state index contributed by atoms with van der Waals surface area (Å²) >= 11 is 0. The molecule has 5 bridgehead atoms. The number of benzene rings is 1. The topological polar surface area (TPSA) is 113 Å². The molecule has 9 nitrogen and oxygen atoms in total. The summed E-state index contributed by atoms with van der Waals surface area (Å²) < 4.78 is 36.1. The number of carbonyl (C=O) groups is 3. The van der Waals surface area contributed by atoms with Crippen molar-refractivity contribution in [3.63, 3.8) is 0 Å². The maximum absolute atomic E-state index is 15.2. The van der Waals surface area contributed by atoms with Crippen LogP contribution in [0.4, 0.5) is 8.78 Å². The Bertz CT molecular complexity index is 1390. The molecule has 43 heavy (non-hydrogen) atoms.